The van der Waals surface area contributed by atoms with Gasteiger partial charge in [-0.05, 0) is 23.3 Å². The molecule has 2 rings (SSSR count). The summed E-state index contributed by atoms with van der Waals surface area (Å²) in [5.41, 5.74) is 3.11. The predicted molar refractivity (Wildman–Crippen MR) is 75.1 cm³/mol. The molecule has 0 N–H and O–H groups in total. The maximum Gasteiger partial charge on any atom is 0.106 e. The first-order valence-corrected chi connectivity index (χ1v) is 6.07. The lowest BCUT2D eigenvalue weighted by Gasteiger charge is -2.06. The zero-order valence-electron chi connectivity index (χ0n) is 10.1. The van der Waals surface area contributed by atoms with Crippen molar-refractivity contribution in [3.8, 4) is 0 Å². The average molecular weight is 260 g/mol. The molecule has 0 bridgehead atoms. The van der Waals surface area contributed by atoms with Crippen molar-refractivity contribution in [1.82, 2.24) is 0 Å². The van der Waals surface area contributed by atoms with E-state index in [2.05, 4.69) is 17.3 Å². The highest BCUT2D eigenvalue weighted by molar-refractivity contribution is 6.30. The van der Waals surface area contributed by atoms with Crippen LogP contribution in [0.3, 0.4) is 0 Å². The SMILES string of the molecule is CO/N=C(/Cc1ccccc1)c1ccc(Cl)cc1. The van der Waals surface area contributed by atoms with Gasteiger partial charge in [0.05, 0.1) is 5.71 Å². The van der Waals surface area contributed by atoms with E-state index in [-0.39, 0.29) is 0 Å². The highest BCUT2D eigenvalue weighted by Crippen LogP contribution is 2.13. The third-order valence-electron chi connectivity index (χ3n) is 2.59. The van der Waals surface area contributed by atoms with Crippen LogP contribution in [0.4, 0.5) is 0 Å². The van der Waals surface area contributed by atoms with Gasteiger partial charge in [0.1, 0.15) is 7.11 Å². The first-order valence-electron chi connectivity index (χ1n) is 5.69. The maximum atomic E-state index is 5.88. The second-order valence-electron chi connectivity index (χ2n) is 3.89. The molecule has 0 unspecified atom stereocenters. The molecule has 0 aliphatic rings. The Kier molecular flexibility index (Phi) is 4.37. The number of hydrogen-bond acceptors (Lipinski definition) is 2. The molecule has 3 heteroatoms. The number of benzene rings is 2. The van der Waals surface area contributed by atoms with Gasteiger partial charge in [-0.2, -0.15) is 0 Å². The van der Waals surface area contributed by atoms with Gasteiger partial charge in [0.2, 0.25) is 0 Å². The number of rotatable bonds is 4. The molecule has 0 aromatic heterocycles. The smallest absolute Gasteiger partial charge is 0.106 e. The molecule has 0 heterocycles. The fraction of sp³-hybridized carbons (Fsp3) is 0.133. The summed E-state index contributed by atoms with van der Waals surface area (Å²) < 4.78 is 0. The van der Waals surface area contributed by atoms with E-state index in [4.69, 9.17) is 16.4 Å². The molecular weight excluding hydrogens is 246 g/mol. The van der Waals surface area contributed by atoms with Crippen molar-refractivity contribution in [2.75, 3.05) is 7.11 Å². The standard InChI is InChI=1S/C15H14ClNO/c1-18-17-15(11-12-5-3-2-4-6-12)13-7-9-14(16)10-8-13/h2-10H,11H2,1H3/b17-15-. The zero-order chi connectivity index (χ0) is 12.8. The number of nitrogens with zero attached hydrogens (tertiary/aromatic N) is 1. The Balaban J connectivity index is 2.24. The fourth-order valence-corrected chi connectivity index (χ4v) is 1.85. The molecule has 0 spiro atoms. The molecule has 2 aromatic carbocycles. The molecule has 0 aliphatic heterocycles. The Morgan fingerprint density at radius 1 is 1.06 bits per heavy atom. The van der Waals surface area contributed by atoms with Gasteiger partial charge in [-0.3, -0.25) is 0 Å². The van der Waals surface area contributed by atoms with E-state index in [1.165, 1.54) is 5.56 Å². The van der Waals surface area contributed by atoms with Crippen LogP contribution >= 0.6 is 11.6 Å². The van der Waals surface area contributed by atoms with E-state index < -0.39 is 0 Å². The van der Waals surface area contributed by atoms with Crippen molar-refractivity contribution in [1.29, 1.82) is 0 Å². The van der Waals surface area contributed by atoms with Gasteiger partial charge in [-0.25, -0.2) is 0 Å². The molecular formula is C15H14ClNO. The molecule has 2 nitrogen and oxygen atoms in total. The van der Waals surface area contributed by atoms with E-state index in [1.807, 2.05) is 42.5 Å². The van der Waals surface area contributed by atoms with Crippen molar-refractivity contribution in [3.63, 3.8) is 0 Å². The molecule has 0 atom stereocenters. The third kappa shape index (κ3) is 3.34. The summed E-state index contributed by atoms with van der Waals surface area (Å²) in [6.45, 7) is 0. The monoisotopic (exact) mass is 259 g/mol. The number of oxime groups is 1. The van der Waals surface area contributed by atoms with Crippen molar-refractivity contribution < 1.29 is 4.84 Å². The van der Waals surface area contributed by atoms with Crippen LogP contribution in [0.2, 0.25) is 5.02 Å². The van der Waals surface area contributed by atoms with Crippen molar-refractivity contribution in [2.24, 2.45) is 5.16 Å². The molecule has 18 heavy (non-hydrogen) atoms. The number of halogens is 1. The van der Waals surface area contributed by atoms with Crippen molar-refractivity contribution in [2.45, 2.75) is 6.42 Å². The summed E-state index contributed by atoms with van der Waals surface area (Å²) in [4.78, 5) is 4.92. The molecule has 0 saturated heterocycles. The summed E-state index contributed by atoms with van der Waals surface area (Å²) in [6.07, 6.45) is 0.732. The largest absolute Gasteiger partial charge is 0.399 e. The second-order valence-corrected chi connectivity index (χ2v) is 4.33. The first kappa shape index (κ1) is 12.7. The topological polar surface area (TPSA) is 21.6 Å². The van der Waals surface area contributed by atoms with Crippen LogP contribution in [0.25, 0.3) is 0 Å². The molecule has 92 valence electrons. The van der Waals surface area contributed by atoms with Crippen LogP contribution in [0, 0.1) is 0 Å². The summed E-state index contributed by atoms with van der Waals surface area (Å²) in [5, 5.41) is 4.81. The summed E-state index contributed by atoms with van der Waals surface area (Å²) >= 11 is 5.88. The lowest BCUT2D eigenvalue weighted by atomic mass is 10.0. The van der Waals surface area contributed by atoms with Crippen LogP contribution in [0.5, 0.6) is 0 Å². The molecule has 0 amide bonds. The van der Waals surface area contributed by atoms with Gasteiger partial charge in [-0.15, -0.1) is 0 Å². The Bertz CT molecular complexity index is 520. The van der Waals surface area contributed by atoms with Gasteiger partial charge >= 0.3 is 0 Å². The van der Waals surface area contributed by atoms with E-state index >= 15 is 0 Å². The maximum absolute atomic E-state index is 5.88. The lowest BCUT2D eigenvalue weighted by molar-refractivity contribution is 0.213. The molecule has 2 aromatic rings. The summed E-state index contributed by atoms with van der Waals surface area (Å²) in [7, 11) is 1.56. The van der Waals surface area contributed by atoms with Crippen LogP contribution in [0.15, 0.2) is 59.8 Å². The predicted octanol–water partition coefficient (Wildman–Crippen LogP) is 3.93. The molecule has 0 radical (unpaired) electrons. The zero-order valence-corrected chi connectivity index (χ0v) is 10.9. The Morgan fingerprint density at radius 3 is 2.33 bits per heavy atom. The normalized spacial score (nSPS) is 11.3. The van der Waals surface area contributed by atoms with Crippen LogP contribution in [0.1, 0.15) is 11.1 Å². The van der Waals surface area contributed by atoms with Gasteiger partial charge < -0.3 is 4.84 Å². The summed E-state index contributed by atoms with van der Waals surface area (Å²) in [6, 6.07) is 17.8. The Hall–Kier alpha value is -1.80. The third-order valence-corrected chi connectivity index (χ3v) is 2.85. The lowest BCUT2D eigenvalue weighted by Crippen LogP contribution is -2.05. The molecule has 0 fully saturated rings. The highest BCUT2D eigenvalue weighted by Gasteiger charge is 2.06. The minimum atomic E-state index is 0.718. The van der Waals surface area contributed by atoms with Crippen LogP contribution < -0.4 is 0 Å². The fourth-order valence-electron chi connectivity index (χ4n) is 1.73. The van der Waals surface area contributed by atoms with Gasteiger partial charge in [0, 0.05) is 11.4 Å². The van der Waals surface area contributed by atoms with E-state index in [0.717, 1.165) is 22.7 Å². The van der Waals surface area contributed by atoms with Gasteiger partial charge in [0.15, 0.2) is 0 Å². The summed E-state index contributed by atoms with van der Waals surface area (Å²) in [5.74, 6) is 0. The Morgan fingerprint density at radius 2 is 1.72 bits per heavy atom. The van der Waals surface area contributed by atoms with E-state index in [1.54, 1.807) is 7.11 Å². The van der Waals surface area contributed by atoms with Crippen LogP contribution in [-0.2, 0) is 11.3 Å². The molecule has 0 aliphatic carbocycles. The minimum absolute atomic E-state index is 0.718. The van der Waals surface area contributed by atoms with E-state index in [9.17, 15) is 0 Å². The highest BCUT2D eigenvalue weighted by atomic mass is 35.5. The van der Waals surface area contributed by atoms with Crippen LogP contribution in [-0.4, -0.2) is 12.8 Å². The quantitative estimate of drug-likeness (QED) is 0.602. The van der Waals surface area contributed by atoms with Crippen molar-refractivity contribution in [3.05, 3.63) is 70.7 Å². The number of hydrogen-bond donors (Lipinski definition) is 0. The second kappa shape index (κ2) is 6.22. The average Bonchev–Trinajstić information content (AvgIpc) is 2.40. The van der Waals surface area contributed by atoms with Gasteiger partial charge in [-0.1, -0.05) is 59.2 Å². The van der Waals surface area contributed by atoms with E-state index in [0.29, 0.717) is 0 Å². The first-order chi connectivity index (χ1) is 8.79. The molecule has 0 saturated carbocycles. The minimum Gasteiger partial charge on any atom is -0.399 e. The van der Waals surface area contributed by atoms with Gasteiger partial charge in [0.25, 0.3) is 0 Å². The van der Waals surface area contributed by atoms with Crippen molar-refractivity contribution >= 4 is 17.3 Å². The Labute approximate surface area is 112 Å².